The number of carbonyl (C=O) groups excluding carboxylic acids is 1. The van der Waals surface area contributed by atoms with E-state index in [4.69, 9.17) is 28.4 Å². The van der Waals surface area contributed by atoms with Gasteiger partial charge in [0.25, 0.3) is 0 Å². The summed E-state index contributed by atoms with van der Waals surface area (Å²) in [5.74, 6) is -1.80. The molecule has 0 saturated carbocycles. The second-order valence-corrected chi connectivity index (χ2v) is 8.39. The zero-order valence-corrected chi connectivity index (χ0v) is 20.2. The Morgan fingerprint density at radius 3 is 2.24 bits per heavy atom. The lowest BCUT2D eigenvalue weighted by Gasteiger charge is -2.40. The maximum atomic E-state index is 13.2. The highest BCUT2D eigenvalue weighted by molar-refractivity contribution is 6.05. The number of aromatic hydroxyl groups is 2. The number of rotatable bonds is 7. The average Bonchev–Trinajstić information content (AvgIpc) is 2.88. The molecular weight excluding hydrogens is 496 g/mol. The van der Waals surface area contributed by atoms with Crippen LogP contribution in [0.3, 0.4) is 0 Å². The van der Waals surface area contributed by atoms with E-state index in [1.807, 2.05) is 0 Å². The van der Waals surface area contributed by atoms with E-state index in [0.29, 0.717) is 0 Å². The Balaban J connectivity index is 1.75. The summed E-state index contributed by atoms with van der Waals surface area (Å²) in [6.07, 6.45) is -9.27. The second kappa shape index (κ2) is 10.5. The van der Waals surface area contributed by atoms with Crippen molar-refractivity contribution in [3.63, 3.8) is 0 Å². The standard InChI is InChI=1S/C24H28O13/c1-32-21-17(29)15-10(27)7-12(35-20(15)22(33-2)23(21)34-3)14-9(26)5-4-6-11(14)36-24-19(31)18(30)16(28)13(8-25)37-24/h4-6,12-13,16,18-19,24-26,28-31H,7-8H2,1-3H3/t12?,13-,16-,18+,19-,24-/m1/s1. The molecule has 2 aliphatic heterocycles. The predicted octanol–water partition coefficient (Wildman–Crippen LogP) is 0.00880. The molecule has 1 saturated heterocycles. The van der Waals surface area contributed by atoms with Gasteiger partial charge in [-0.05, 0) is 12.1 Å². The number of fused-ring (bicyclic) bond motifs is 1. The SMILES string of the molecule is COc1c(O)c2c(c(OC)c1OC)OC(c1c(O)cccc1O[C@@H]1O[C@H](CO)[C@@H](O)[C@H](O)[C@H]1O)CC2=O. The lowest BCUT2D eigenvalue weighted by atomic mass is 9.93. The van der Waals surface area contributed by atoms with Crippen LogP contribution in [-0.4, -0.2) is 95.1 Å². The summed E-state index contributed by atoms with van der Waals surface area (Å²) in [6.45, 7) is -0.663. The molecule has 2 aromatic carbocycles. The Hall–Kier alpha value is -3.49. The van der Waals surface area contributed by atoms with Gasteiger partial charge >= 0.3 is 0 Å². The molecule has 37 heavy (non-hydrogen) atoms. The normalized spacial score (nSPS) is 27.2. The van der Waals surface area contributed by atoms with E-state index in [1.54, 1.807) is 0 Å². The Morgan fingerprint density at radius 1 is 0.946 bits per heavy atom. The maximum absolute atomic E-state index is 13.2. The summed E-state index contributed by atoms with van der Waals surface area (Å²) in [7, 11) is 3.90. The molecule has 0 radical (unpaired) electrons. The van der Waals surface area contributed by atoms with Gasteiger partial charge in [0.2, 0.25) is 23.5 Å². The van der Waals surface area contributed by atoms with E-state index in [2.05, 4.69) is 0 Å². The highest BCUT2D eigenvalue weighted by Crippen LogP contribution is 2.57. The number of benzene rings is 2. The third-order valence-corrected chi connectivity index (χ3v) is 6.28. The Kier molecular flexibility index (Phi) is 7.52. The second-order valence-electron chi connectivity index (χ2n) is 8.39. The molecule has 0 spiro atoms. The summed E-state index contributed by atoms with van der Waals surface area (Å²) < 4.78 is 33.0. The van der Waals surface area contributed by atoms with Crippen molar-refractivity contribution < 1.29 is 63.9 Å². The first-order valence-electron chi connectivity index (χ1n) is 11.2. The number of hydrogen-bond acceptors (Lipinski definition) is 13. The van der Waals surface area contributed by atoms with Crippen molar-refractivity contribution in [3.05, 3.63) is 29.3 Å². The first kappa shape index (κ1) is 26.6. The molecule has 13 nitrogen and oxygen atoms in total. The first-order chi connectivity index (χ1) is 17.7. The lowest BCUT2D eigenvalue weighted by molar-refractivity contribution is -0.277. The van der Waals surface area contributed by atoms with Gasteiger partial charge in [-0.3, -0.25) is 4.79 Å². The van der Waals surface area contributed by atoms with Crippen molar-refractivity contribution >= 4 is 5.78 Å². The number of ether oxygens (including phenoxy) is 6. The number of phenols is 2. The molecule has 6 N–H and O–H groups in total. The third kappa shape index (κ3) is 4.45. The fraction of sp³-hybridized carbons (Fsp3) is 0.458. The summed E-state index contributed by atoms with van der Waals surface area (Å²) in [4.78, 5) is 13.2. The number of methoxy groups -OCH3 is 3. The van der Waals surface area contributed by atoms with Crippen molar-refractivity contribution in [2.24, 2.45) is 0 Å². The zero-order chi connectivity index (χ0) is 27.0. The molecule has 6 atom stereocenters. The molecule has 0 aromatic heterocycles. The molecule has 1 fully saturated rings. The smallest absolute Gasteiger partial charge is 0.229 e. The summed E-state index contributed by atoms with van der Waals surface area (Å²) in [6, 6.07) is 4.16. The van der Waals surface area contributed by atoms with Gasteiger partial charge in [-0.1, -0.05) is 6.07 Å². The van der Waals surface area contributed by atoms with Crippen molar-refractivity contribution in [2.45, 2.75) is 43.2 Å². The third-order valence-electron chi connectivity index (χ3n) is 6.28. The number of phenolic OH excluding ortho intramolecular Hbond substituents is 2. The van der Waals surface area contributed by atoms with Crippen LogP contribution in [-0.2, 0) is 4.74 Å². The van der Waals surface area contributed by atoms with Gasteiger partial charge in [0.1, 0.15) is 47.6 Å². The number of carbonyl (C=O) groups is 1. The Labute approximate surface area is 210 Å². The van der Waals surface area contributed by atoms with E-state index in [0.717, 1.165) is 0 Å². The zero-order valence-electron chi connectivity index (χ0n) is 20.2. The van der Waals surface area contributed by atoms with Crippen molar-refractivity contribution in [3.8, 4) is 40.2 Å². The number of Topliss-reactive ketones (excluding diaryl/α,β-unsaturated/α-hetero) is 1. The van der Waals surface area contributed by atoms with Gasteiger partial charge in [0.05, 0.1) is 39.9 Å². The van der Waals surface area contributed by atoms with Crippen LogP contribution in [0.5, 0.6) is 40.2 Å². The minimum absolute atomic E-state index is 0.00483. The van der Waals surface area contributed by atoms with Crippen LogP contribution in [0.1, 0.15) is 28.4 Å². The average molecular weight is 524 g/mol. The van der Waals surface area contributed by atoms with Gasteiger partial charge in [0, 0.05) is 0 Å². The van der Waals surface area contributed by atoms with Crippen LogP contribution in [0.2, 0.25) is 0 Å². The van der Waals surface area contributed by atoms with Gasteiger partial charge in [0.15, 0.2) is 17.3 Å². The van der Waals surface area contributed by atoms with Crippen LogP contribution < -0.4 is 23.7 Å². The minimum atomic E-state index is -1.71. The van der Waals surface area contributed by atoms with Crippen LogP contribution in [0.25, 0.3) is 0 Å². The van der Waals surface area contributed by atoms with Crippen LogP contribution in [0.15, 0.2) is 18.2 Å². The fourth-order valence-electron chi connectivity index (χ4n) is 4.44. The largest absolute Gasteiger partial charge is 0.507 e. The van der Waals surface area contributed by atoms with Gasteiger partial charge in [-0.2, -0.15) is 0 Å². The topological polar surface area (TPSA) is 194 Å². The summed E-state index contributed by atoms with van der Waals surface area (Å²) in [5, 5.41) is 61.3. The van der Waals surface area contributed by atoms with Crippen LogP contribution >= 0.6 is 0 Å². The van der Waals surface area contributed by atoms with E-state index < -0.39 is 54.9 Å². The van der Waals surface area contributed by atoms with E-state index in [-0.39, 0.29) is 52.0 Å². The minimum Gasteiger partial charge on any atom is -0.507 e. The molecule has 2 heterocycles. The monoisotopic (exact) mass is 524 g/mol. The quantitative estimate of drug-likeness (QED) is 0.284. The van der Waals surface area contributed by atoms with Gasteiger partial charge in [-0.15, -0.1) is 0 Å². The van der Waals surface area contributed by atoms with Gasteiger partial charge < -0.3 is 59.1 Å². The van der Waals surface area contributed by atoms with Crippen molar-refractivity contribution in [1.29, 1.82) is 0 Å². The maximum Gasteiger partial charge on any atom is 0.229 e. The Morgan fingerprint density at radius 2 is 1.62 bits per heavy atom. The summed E-state index contributed by atoms with van der Waals surface area (Å²) in [5.41, 5.74) is -0.202. The van der Waals surface area contributed by atoms with E-state index in [1.165, 1.54) is 39.5 Å². The molecule has 0 amide bonds. The van der Waals surface area contributed by atoms with E-state index >= 15 is 0 Å². The van der Waals surface area contributed by atoms with Gasteiger partial charge in [-0.25, -0.2) is 0 Å². The molecule has 13 heteroatoms. The molecule has 202 valence electrons. The molecular formula is C24H28O13. The molecule has 1 unspecified atom stereocenters. The molecule has 4 rings (SSSR count). The first-order valence-corrected chi connectivity index (χ1v) is 11.2. The highest BCUT2D eigenvalue weighted by atomic mass is 16.7. The number of ketones is 1. The lowest BCUT2D eigenvalue weighted by Crippen LogP contribution is -2.60. The Bertz CT molecular complexity index is 1160. The summed E-state index contributed by atoms with van der Waals surface area (Å²) >= 11 is 0. The molecule has 2 aromatic rings. The van der Waals surface area contributed by atoms with E-state index in [9.17, 15) is 35.4 Å². The number of hydrogen-bond donors (Lipinski definition) is 6. The van der Waals surface area contributed by atoms with Crippen LogP contribution in [0.4, 0.5) is 0 Å². The van der Waals surface area contributed by atoms with Crippen molar-refractivity contribution in [1.82, 2.24) is 0 Å². The van der Waals surface area contributed by atoms with Crippen LogP contribution in [0, 0.1) is 0 Å². The number of aliphatic hydroxyl groups is 4. The molecule has 2 aliphatic rings. The highest BCUT2D eigenvalue weighted by Gasteiger charge is 2.46. The predicted molar refractivity (Wildman–Crippen MR) is 123 cm³/mol. The molecule has 0 bridgehead atoms. The molecule has 0 aliphatic carbocycles. The number of aliphatic hydroxyl groups excluding tert-OH is 4. The van der Waals surface area contributed by atoms with Crippen molar-refractivity contribution in [2.75, 3.05) is 27.9 Å². The fourth-order valence-corrected chi connectivity index (χ4v) is 4.44.